The van der Waals surface area contributed by atoms with Crippen molar-refractivity contribution in [2.45, 2.75) is 32.2 Å². The van der Waals surface area contributed by atoms with Gasteiger partial charge in [0.05, 0.1) is 17.1 Å². The Morgan fingerprint density at radius 2 is 2.14 bits per heavy atom. The van der Waals surface area contributed by atoms with Gasteiger partial charge in [0, 0.05) is 27.3 Å². The molecule has 4 nitrogen and oxygen atoms in total. The molecule has 2 aromatic rings. The molecule has 1 aliphatic rings. The van der Waals surface area contributed by atoms with Crippen LogP contribution in [0.5, 0.6) is 0 Å². The van der Waals surface area contributed by atoms with Gasteiger partial charge in [-0.2, -0.15) is 0 Å². The summed E-state index contributed by atoms with van der Waals surface area (Å²) >= 11 is 0. The van der Waals surface area contributed by atoms with E-state index in [1.165, 1.54) is 18.4 Å². The molecular formula is C17H25N3O. The molecule has 1 aromatic carbocycles. The molecule has 0 saturated heterocycles. The minimum atomic E-state index is 0.266. The fourth-order valence-electron chi connectivity index (χ4n) is 3.02. The van der Waals surface area contributed by atoms with Crippen LogP contribution in [0.15, 0.2) is 24.3 Å². The third kappa shape index (κ3) is 2.97. The monoisotopic (exact) mass is 287 g/mol. The molecule has 1 unspecified atom stereocenters. The molecule has 1 aromatic heterocycles. The van der Waals surface area contributed by atoms with Crippen molar-refractivity contribution >= 4 is 11.0 Å². The topological polar surface area (TPSA) is 39.1 Å². The van der Waals surface area contributed by atoms with Crippen LogP contribution in [0, 0.1) is 5.41 Å². The standard InChI is InChI=1S/C17H25N3O/c1-13(18-12-17(8-9-17)10-11-21-3)16-19-14-6-4-5-7-15(14)20(16)2/h4-7,13,18H,8-12H2,1-3H3. The number of imidazole rings is 1. The van der Waals surface area contributed by atoms with E-state index in [4.69, 9.17) is 9.72 Å². The summed E-state index contributed by atoms with van der Waals surface area (Å²) < 4.78 is 7.42. The Kier molecular flexibility index (Phi) is 4.00. The Hall–Kier alpha value is -1.39. The number of aromatic nitrogens is 2. The second kappa shape index (κ2) is 5.78. The van der Waals surface area contributed by atoms with Gasteiger partial charge in [-0.25, -0.2) is 4.98 Å². The van der Waals surface area contributed by atoms with Crippen LogP contribution >= 0.6 is 0 Å². The number of nitrogens with one attached hydrogen (secondary N) is 1. The third-order valence-electron chi connectivity index (χ3n) is 4.79. The fourth-order valence-corrected chi connectivity index (χ4v) is 3.02. The zero-order chi connectivity index (χ0) is 14.9. The number of benzene rings is 1. The number of aryl methyl sites for hydroxylation is 1. The third-order valence-corrected chi connectivity index (χ3v) is 4.79. The van der Waals surface area contributed by atoms with Gasteiger partial charge >= 0.3 is 0 Å². The van der Waals surface area contributed by atoms with E-state index in [0.717, 1.165) is 30.9 Å². The maximum atomic E-state index is 5.22. The second-order valence-electron chi connectivity index (χ2n) is 6.36. The van der Waals surface area contributed by atoms with Gasteiger partial charge in [-0.3, -0.25) is 0 Å². The minimum absolute atomic E-state index is 0.266. The lowest BCUT2D eigenvalue weighted by Crippen LogP contribution is -2.29. The highest BCUT2D eigenvalue weighted by molar-refractivity contribution is 5.75. The molecule has 1 aliphatic carbocycles. The molecule has 1 N–H and O–H groups in total. The summed E-state index contributed by atoms with van der Waals surface area (Å²) in [5.41, 5.74) is 2.74. The highest BCUT2D eigenvalue weighted by atomic mass is 16.5. The van der Waals surface area contributed by atoms with Crippen LogP contribution in [-0.2, 0) is 11.8 Å². The molecule has 0 aliphatic heterocycles. The SMILES string of the molecule is COCCC1(CNC(C)c2nc3ccccc3n2C)CC1. The van der Waals surface area contributed by atoms with Crippen LogP contribution in [0.25, 0.3) is 11.0 Å². The van der Waals surface area contributed by atoms with Crippen molar-refractivity contribution in [2.75, 3.05) is 20.3 Å². The first-order valence-corrected chi connectivity index (χ1v) is 7.79. The average molecular weight is 287 g/mol. The molecule has 3 rings (SSSR count). The predicted octanol–water partition coefficient (Wildman–Crippen LogP) is 3.04. The Bertz CT molecular complexity index is 616. The second-order valence-corrected chi connectivity index (χ2v) is 6.36. The predicted molar refractivity (Wildman–Crippen MR) is 85.3 cm³/mol. The Morgan fingerprint density at radius 3 is 2.81 bits per heavy atom. The first kappa shape index (κ1) is 14.5. The molecule has 1 fully saturated rings. The van der Waals surface area contributed by atoms with Gasteiger partial charge < -0.3 is 14.6 Å². The van der Waals surface area contributed by atoms with Crippen LogP contribution in [-0.4, -0.2) is 29.8 Å². The lowest BCUT2D eigenvalue weighted by atomic mass is 10.0. The largest absolute Gasteiger partial charge is 0.385 e. The lowest BCUT2D eigenvalue weighted by Gasteiger charge is -2.19. The smallest absolute Gasteiger partial charge is 0.126 e. The highest BCUT2D eigenvalue weighted by Crippen LogP contribution is 2.48. The van der Waals surface area contributed by atoms with Gasteiger partial charge in [0.15, 0.2) is 0 Å². The van der Waals surface area contributed by atoms with E-state index in [-0.39, 0.29) is 6.04 Å². The van der Waals surface area contributed by atoms with Crippen molar-refractivity contribution in [2.24, 2.45) is 12.5 Å². The average Bonchev–Trinajstić information content (AvgIpc) is 3.21. The van der Waals surface area contributed by atoms with Crippen LogP contribution in [0.4, 0.5) is 0 Å². The van der Waals surface area contributed by atoms with Crippen molar-refractivity contribution in [3.8, 4) is 0 Å². The molecular weight excluding hydrogens is 262 g/mol. The van der Waals surface area contributed by atoms with Crippen molar-refractivity contribution in [3.05, 3.63) is 30.1 Å². The van der Waals surface area contributed by atoms with Crippen molar-refractivity contribution in [1.29, 1.82) is 0 Å². The van der Waals surface area contributed by atoms with E-state index in [9.17, 15) is 0 Å². The summed E-state index contributed by atoms with van der Waals surface area (Å²) in [4.78, 5) is 4.77. The van der Waals surface area contributed by atoms with Gasteiger partial charge in [-0.05, 0) is 43.7 Å². The quantitative estimate of drug-likeness (QED) is 0.850. The van der Waals surface area contributed by atoms with Crippen LogP contribution in [0.3, 0.4) is 0 Å². The molecule has 1 atom stereocenters. The summed E-state index contributed by atoms with van der Waals surface area (Å²) in [6, 6.07) is 8.57. The zero-order valence-electron chi connectivity index (χ0n) is 13.2. The first-order valence-electron chi connectivity index (χ1n) is 7.79. The molecule has 0 spiro atoms. The van der Waals surface area contributed by atoms with Gasteiger partial charge in [-0.1, -0.05) is 12.1 Å². The van der Waals surface area contributed by atoms with Crippen molar-refractivity contribution in [3.63, 3.8) is 0 Å². The molecule has 1 saturated carbocycles. The van der Waals surface area contributed by atoms with Gasteiger partial charge in [0.25, 0.3) is 0 Å². The minimum Gasteiger partial charge on any atom is -0.385 e. The number of methoxy groups -OCH3 is 1. The molecule has 0 radical (unpaired) electrons. The van der Waals surface area contributed by atoms with Gasteiger partial charge in [-0.15, -0.1) is 0 Å². The van der Waals surface area contributed by atoms with Crippen LogP contribution in [0.2, 0.25) is 0 Å². The zero-order valence-corrected chi connectivity index (χ0v) is 13.2. The van der Waals surface area contributed by atoms with E-state index in [2.05, 4.69) is 42.1 Å². The summed E-state index contributed by atoms with van der Waals surface area (Å²) in [7, 11) is 3.88. The maximum absolute atomic E-state index is 5.22. The van der Waals surface area contributed by atoms with E-state index < -0.39 is 0 Å². The van der Waals surface area contributed by atoms with Gasteiger partial charge in [0.1, 0.15) is 5.82 Å². The molecule has 4 heteroatoms. The number of para-hydroxylation sites is 2. The van der Waals surface area contributed by atoms with Crippen molar-refractivity contribution in [1.82, 2.24) is 14.9 Å². The summed E-state index contributed by atoms with van der Waals surface area (Å²) in [5.74, 6) is 1.11. The maximum Gasteiger partial charge on any atom is 0.126 e. The molecule has 1 heterocycles. The van der Waals surface area contributed by atoms with E-state index in [1.54, 1.807) is 7.11 Å². The Morgan fingerprint density at radius 1 is 1.38 bits per heavy atom. The van der Waals surface area contributed by atoms with Crippen LogP contribution in [0.1, 0.15) is 38.1 Å². The normalized spacial score (nSPS) is 18.0. The fraction of sp³-hybridized carbons (Fsp3) is 0.588. The van der Waals surface area contributed by atoms with Gasteiger partial charge in [0.2, 0.25) is 0 Å². The molecule has 0 amide bonds. The lowest BCUT2D eigenvalue weighted by molar-refractivity contribution is 0.170. The first-order chi connectivity index (χ1) is 10.2. The summed E-state index contributed by atoms with van der Waals surface area (Å²) in [6.45, 7) is 4.12. The number of ether oxygens (including phenoxy) is 1. The van der Waals surface area contributed by atoms with E-state index >= 15 is 0 Å². The van der Waals surface area contributed by atoms with E-state index in [0.29, 0.717) is 5.41 Å². The molecule has 0 bridgehead atoms. The number of nitrogens with zero attached hydrogens (tertiary/aromatic N) is 2. The number of rotatable bonds is 7. The number of hydrogen-bond donors (Lipinski definition) is 1. The Labute approximate surface area is 126 Å². The van der Waals surface area contributed by atoms with Crippen molar-refractivity contribution < 1.29 is 4.74 Å². The van der Waals surface area contributed by atoms with E-state index in [1.807, 2.05) is 6.07 Å². The molecule has 114 valence electrons. The molecule has 21 heavy (non-hydrogen) atoms. The number of hydrogen-bond acceptors (Lipinski definition) is 3. The summed E-state index contributed by atoms with van der Waals surface area (Å²) in [6.07, 6.45) is 3.79. The Balaban J connectivity index is 1.67. The van der Waals surface area contributed by atoms with Crippen LogP contribution < -0.4 is 5.32 Å². The summed E-state index contributed by atoms with van der Waals surface area (Å²) in [5, 5.41) is 3.67. The number of fused-ring (bicyclic) bond motifs is 1. The highest BCUT2D eigenvalue weighted by Gasteiger charge is 2.41.